The van der Waals surface area contributed by atoms with E-state index in [1.807, 2.05) is 0 Å². The Balaban J connectivity index is 2.63. The summed E-state index contributed by atoms with van der Waals surface area (Å²) in [7, 11) is 2.74. The van der Waals surface area contributed by atoms with Gasteiger partial charge in [-0.1, -0.05) is 0 Å². The molecule has 0 saturated heterocycles. The van der Waals surface area contributed by atoms with Crippen LogP contribution in [-0.2, 0) is 16.1 Å². The molecule has 0 aliphatic carbocycles. The van der Waals surface area contributed by atoms with Crippen LogP contribution in [0, 0.1) is 6.92 Å². The van der Waals surface area contributed by atoms with E-state index < -0.39 is 9.05 Å². The Morgan fingerprint density at radius 2 is 2.12 bits per heavy atom. The highest BCUT2D eigenvalue weighted by Gasteiger charge is 2.23. The molecule has 0 aliphatic rings. The van der Waals surface area contributed by atoms with E-state index >= 15 is 0 Å². The summed E-state index contributed by atoms with van der Waals surface area (Å²) < 4.78 is 28.6. The van der Waals surface area contributed by atoms with Gasteiger partial charge in [-0.05, 0) is 6.92 Å². The van der Waals surface area contributed by atoms with Gasteiger partial charge in [-0.2, -0.15) is 0 Å². The lowest BCUT2D eigenvalue weighted by atomic mass is 10.3. The molecule has 16 heavy (non-hydrogen) atoms. The number of nitrogens with zero attached hydrogens (tertiary/aromatic N) is 4. The van der Waals surface area contributed by atoms with Crippen LogP contribution in [0.2, 0.25) is 0 Å². The molecule has 2 rings (SSSR count). The Morgan fingerprint density at radius 3 is 2.56 bits per heavy atom. The van der Waals surface area contributed by atoms with Crippen molar-refractivity contribution in [3.63, 3.8) is 0 Å². The Bertz CT molecular complexity index is 630. The zero-order valence-electron chi connectivity index (χ0n) is 8.38. The van der Waals surface area contributed by atoms with E-state index in [-0.39, 0.29) is 11.0 Å². The lowest BCUT2D eigenvalue weighted by Gasteiger charge is -1.98. The van der Waals surface area contributed by atoms with E-state index in [2.05, 4.69) is 15.2 Å². The number of hydrogen-bond donors (Lipinski definition) is 0. The third-order valence-electron chi connectivity index (χ3n) is 2.00. The number of halogens is 1. The first kappa shape index (κ1) is 11.1. The summed E-state index contributed by atoms with van der Waals surface area (Å²) in [5.41, 5.74) is 0.592. The lowest BCUT2D eigenvalue weighted by Crippen LogP contribution is -2.02. The molecule has 2 heterocycles. The maximum atomic E-state index is 11.1. The summed E-state index contributed by atoms with van der Waals surface area (Å²) in [6, 6.07) is 0. The maximum Gasteiger partial charge on any atom is 0.296 e. The first-order chi connectivity index (χ1) is 7.41. The average Bonchev–Trinajstić information content (AvgIpc) is 2.70. The molecule has 0 amide bonds. The normalized spacial score (nSPS) is 11.9. The smallest absolute Gasteiger partial charge is 0.296 e. The highest BCUT2D eigenvalue weighted by Crippen LogP contribution is 2.23. The summed E-state index contributed by atoms with van der Waals surface area (Å²) in [5, 5.41) is 6.86. The van der Waals surface area contributed by atoms with Crippen molar-refractivity contribution in [2.45, 2.75) is 12.1 Å². The number of rotatable bonds is 2. The predicted molar refractivity (Wildman–Crippen MR) is 54.3 cm³/mol. The molecule has 0 unspecified atom stereocenters. The van der Waals surface area contributed by atoms with Crippen LogP contribution >= 0.6 is 10.7 Å². The predicted octanol–water partition coefficient (Wildman–Crippen LogP) is 0.706. The number of oxazole rings is 1. The first-order valence-corrected chi connectivity index (χ1v) is 6.46. The summed E-state index contributed by atoms with van der Waals surface area (Å²) in [6.45, 7) is 1.71. The van der Waals surface area contributed by atoms with Gasteiger partial charge in [0.2, 0.25) is 5.82 Å². The van der Waals surface area contributed by atoms with Crippen molar-refractivity contribution in [2.24, 2.45) is 7.05 Å². The molecule has 9 heteroatoms. The molecular formula is C7H7ClN4O3S. The zero-order valence-corrected chi connectivity index (χ0v) is 9.95. The summed E-state index contributed by atoms with van der Waals surface area (Å²) in [4.78, 5) is 3.88. The molecule has 0 radical (unpaired) electrons. The summed E-state index contributed by atoms with van der Waals surface area (Å²) in [6.07, 6.45) is 1.24. The van der Waals surface area contributed by atoms with Crippen molar-refractivity contribution in [1.29, 1.82) is 0 Å². The Hall–Kier alpha value is -1.41. The van der Waals surface area contributed by atoms with Gasteiger partial charge < -0.3 is 4.42 Å². The van der Waals surface area contributed by atoms with Gasteiger partial charge in [0.05, 0.1) is 5.69 Å². The second-order valence-electron chi connectivity index (χ2n) is 3.07. The Morgan fingerprint density at radius 1 is 1.44 bits per heavy atom. The molecule has 7 nitrogen and oxygen atoms in total. The molecule has 2 aromatic heterocycles. The molecule has 0 atom stereocenters. The Labute approximate surface area is 95.5 Å². The highest BCUT2D eigenvalue weighted by molar-refractivity contribution is 8.13. The molecule has 0 aromatic carbocycles. The van der Waals surface area contributed by atoms with E-state index in [4.69, 9.17) is 15.1 Å². The number of aryl methyl sites for hydroxylation is 1. The van der Waals surface area contributed by atoms with Crippen LogP contribution in [0.5, 0.6) is 0 Å². The number of aromatic nitrogens is 4. The topological polar surface area (TPSA) is 90.9 Å². The van der Waals surface area contributed by atoms with Crippen molar-refractivity contribution in [3.8, 4) is 11.6 Å². The van der Waals surface area contributed by atoms with E-state index in [9.17, 15) is 8.42 Å². The van der Waals surface area contributed by atoms with E-state index in [0.717, 1.165) is 0 Å². The van der Waals surface area contributed by atoms with Crippen molar-refractivity contribution < 1.29 is 12.8 Å². The van der Waals surface area contributed by atoms with E-state index in [1.165, 1.54) is 18.0 Å². The van der Waals surface area contributed by atoms with Crippen LogP contribution in [-0.4, -0.2) is 28.2 Å². The summed E-state index contributed by atoms with van der Waals surface area (Å²) in [5.74, 6) is 0.621. The summed E-state index contributed by atoms with van der Waals surface area (Å²) >= 11 is 0. The molecule has 2 aromatic rings. The zero-order chi connectivity index (χ0) is 11.9. The largest absolute Gasteiger partial charge is 0.440 e. The van der Waals surface area contributed by atoms with Crippen molar-refractivity contribution >= 4 is 19.7 Å². The molecule has 86 valence electrons. The van der Waals surface area contributed by atoms with Gasteiger partial charge in [0.15, 0.2) is 12.2 Å². The molecule has 0 bridgehead atoms. The fourth-order valence-electron chi connectivity index (χ4n) is 1.24. The lowest BCUT2D eigenvalue weighted by molar-refractivity contribution is 0.561. The van der Waals surface area contributed by atoms with Crippen LogP contribution in [0.15, 0.2) is 16.0 Å². The van der Waals surface area contributed by atoms with Crippen LogP contribution in [0.4, 0.5) is 0 Å². The van der Waals surface area contributed by atoms with E-state index in [1.54, 1.807) is 6.92 Å². The number of hydrogen-bond acceptors (Lipinski definition) is 6. The third kappa shape index (κ3) is 1.69. The fraction of sp³-hybridized carbons (Fsp3) is 0.286. The molecule has 0 N–H and O–H groups in total. The minimum absolute atomic E-state index is 0.259. The van der Waals surface area contributed by atoms with Crippen LogP contribution in [0.3, 0.4) is 0 Å². The van der Waals surface area contributed by atoms with Gasteiger partial charge in [-0.3, -0.25) is 4.57 Å². The minimum Gasteiger partial charge on any atom is -0.440 e. The molecule has 0 aliphatic heterocycles. The maximum absolute atomic E-state index is 11.1. The van der Waals surface area contributed by atoms with Crippen molar-refractivity contribution in [3.05, 3.63) is 12.1 Å². The molecule has 0 fully saturated rings. The monoisotopic (exact) mass is 262 g/mol. The second kappa shape index (κ2) is 3.56. The van der Waals surface area contributed by atoms with Crippen LogP contribution in [0.1, 0.15) is 5.69 Å². The molecule has 0 spiro atoms. The second-order valence-corrected chi connectivity index (χ2v) is 5.53. The van der Waals surface area contributed by atoms with Gasteiger partial charge >= 0.3 is 0 Å². The molecular weight excluding hydrogens is 256 g/mol. The van der Waals surface area contributed by atoms with Gasteiger partial charge in [-0.15, -0.1) is 10.2 Å². The Kier molecular flexibility index (Phi) is 2.47. The standard InChI is InChI=1S/C7H7ClN4O3S/c1-4-5(15-3-9-4)6-10-11-7(12(6)2)16(8,13)14/h3H,1-2H3. The minimum atomic E-state index is -3.92. The average molecular weight is 263 g/mol. The van der Waals surface area contributed by atoms with Crippen molar-refractivity contribution in [2.75, 3.05) is 0 Å². The SMILES string of the molecule is Cc1ncoc1-c1nnc(S(=O)(=O)Cl)n1C. The third-order valence-corrected chi connectivity index (χ3v) is 3.21. The van der Waals surface area contributed by atoms with Gasteiger partial charge in [-0.25, -0.2) is 13.4 Å². The van der Waals surface area contributed by atoms with Gasteiger partial charge in [0.25, 0.3) is 14.2 Å². The van der Waals surface area contributed by atoms with E-state index in [0.29, 0.717) is 11.5 Å². The van der Waals surface area contributed by atoms with Crippen LogP contribution < -0.4 is 0 Å². The quantitative estimate of drug-likeness (QED) is 0.740. The van der Waals surface area contributed by atoms with Gasteiger partial charge in [0.1, 0.15) is 0 Å². The van der Waals surface area contributed by atoms with Crippen LogP contribution in [0.25, 0.3) is 11.6 Å². The van der Waals surface area contributed by atoms with Crippen molar-refractivity contribution in [1.82, 2.24) is 19.7 Å². The molecule has 0 saturated carbocycles. The fourth-order valence-corrected chi connectivity index (χ4v) is 2.20. The first-order valence-electron chi connectivity index (χ1n) is 4.16. The van der Waals surface area contributed by atoms with Gasteiger partial charge in [0, 0.05) is 17.7 Å². The highest BCUT2D eigenvalue weighted by atomic mass is 35.7.